The molecule has 0 saturated carbocycles. The van der Waals surface area contributed by atoms with Crippen LogP contribution < -0.4 is 0 Å². The van der Waals surface area contributed by atoms with Gasteiger partial charge in [-0.3, -0.25) is 14.5 Å². The van der Waals surface area contributed by atoms with Crippen LogP contribution in [0.1, 0.15) is 25.3 Å². The van der Waals surface area contributed by atoms with Gasteiger partial charge in [0.1, 0.15) is 5.70 Å². The lowest BCUT2D eigenvalue weighted by Gasteiger charge is -2.29. The lowest BCUT2D eigenvalue weighted by atomic mass is 10.0. The molecule has 1 aromatic rings. The first kappa shape index (κ1) is 15.7. The number of hydrogen-bond donors (Lipinski definition) is 0. The zero-order valence-electron chi connectivity index (χ0n) is 13.5. The molecule has 5 nitrogen and oxygen atoms in total. The summed E-state index contributed by atoms with van der Waals surface area (Å²) in [5.74, 6) is -0.333. The molecule has 2 aliphatic heterocycles. The van der Waals surface area contributed by atoms with Gasteiger partial charge in [0.2, 0.25) is 0 Å². The molecule has 1 aromatic carbocycles. The van der Waals surface area contributed by atoms with E-state index in [9.17, 15) is 9.59 Å². The van der Waals surface area contributed by atoms with Crippen molar-refractivity contribution < 1.29 is 14.3 Å². The maximum atomic E-state index is 12.9. The van der Waals surface area contributed by atoms with Crippen LogP contribution in [0.4, 0.5) is 0 Å². The summed E-state index contributed by atoms with van der Waals surface area (Å²) in [5, 5.41) is 0. The number of hydrogen-bond acceptors (Lipinski definition) is 4. The summed E-state index contributed by atoms with van der Waals surface area (Å²) < 4.78 is 5.38. The summed E-state index contributed by atoms with van der Waals surface area (Å²) in [6.45, 7) is 5.00. The molecule has 0 bridgehead atoms. The van der Waals surface area contributed by atoms with Gasteiger partial charge in [-0.15, -0.1) is 0 Å². The van der Waals surface area contributed by atoms with Gasteiger partial charge >= 0.3 is 0 Å². The van der Waals surface area contributed by atoms with Gasteiger partial charge in [-0.1, -0.05) is 43.7 Å². The standard InChI is InChI=1S/C18H22N2O3/c1-2-3-9-20-17(21)15(14-7-5-4-6-8-14)16(18(20)22)19-10-12-23-13-11-19/h4-8H,2-3,9-13H2,1H3. The number of benzene rings is 1. The molecule has 0 radical (unpaired) electrons. The van der Waals surface area contributed by atoms with Crippen molar-refractivity contribution in [2.45, 2.75) is 19.8 Å². The molecule has 122 valence electrons. The van der Waals surface area contributed by atoms with Crippen molar-refractivity contribution >= 4 is 17.4 Å². The van der Waals surface area contributed by atoms with Gasteiger partial charge in [-0.05, 0) is 12.0 Å². The van der Waals surface area contributed by atoms with E-state index in [2.05, 4.69) is 6.92 Å². The highest BCUT2D eigenvalue weighted by Crippen LogP contribution is 2.32. The monoisotopic (exact) mass is 314 g/mol. The Morgan fingerprint density at radius 1 is 1.04 bits per heavy atom. The zero-order chi connectivity index (χ0) is 16.2. The Balaban J connectivity index is 2.00. The molecule has 0 N–H and O–H groups in total. The number of imide groups is 1. The maximum absolute atomic E-state index is 12.9. The molecule has 0 atom stereocenters. The van der Waals surface area contributed by atoms with E-state index in [-0.39, 0.29) is 11.8 Å². The van der Waals surface area contributed by atoms with E-state index in [1.165, 1.54) is 4.90 Å². The largest absolute Gasteiger partial charge is 0.378 e. The molecular formula is C18H22N2O3. The fourth-order valence-corrected chi connectivity index (χ4v) is 3.03. The van der Waals surface area contributed by atoms with Crippen LogP contribution in [0.3, 0.4) is 0 Å². The maximum Gasteiger partial charge on any atom is 0.277 e. The van der Waals surface area contributed by atoms with Gasteiger partial charge in [0, 0.05) is 19.6 Å². The first-order valence-corrected chi connectivity index (χ1v) is 8.22. The summed E-state index contributed by atoms with van der Waals surface area (Å²) in [4.78, 5) is 29.1. The number of nitrogens with zero attached hydrogens (tertiary/aromatic N) is 2. The Bertz CT molecular complexity index is 618. The molecule has 2 amide bonds. The Kier molecular flexibility index (Phi) is 4.76. The highest BCUT2D eigenvalue weighted by Gasteiger charge is 2.41. The SMILES string of the molecule is CCCCN1C(=O)C(c2ccccc2)=C(N2CCOCC2)C1=O. The highest BCUT2D eigenvalue weighted by atomic mass is 16.5. The van der Waals surface area contributed by atoms with E-state index in [0.29, 0.717) is 44.1 Å². The number of ether oxygens (including phenoxy) is 1. The highest BCUT2D eigenvalue weighted by molar-refractivity contribution is 6.35. The molecule has 0 unspecified atom stereocenters. The smallest absolute Gasteiger partial charge is 0.277 e. The Labute approximate surface area is 136 Å². The predicted molar refractivity (Wildman–Crippen MR) is 87.4 cm³/mol. The molecule has 2 heterocycles. The molecule has 0 spiro atoms. The van der Waals surface area contributed by atoms with E-state index in [1.807, 2.05) is 35.2 Å². The van der Waals surface area contributed by atoms with Crippen molar-refractivity contribution in [1.29, 1.82) is 0 Å². The summed E-state index contributed by atoms with van der Waals surface area (Å²) in [6.07, 6.45) is 1.78. The minimum absolute atomic E-state index is 0.163. The Hall–Kier alpha value is -2.14. The van der Waals surface area contributed by atoms with Crippen LogP contribution in [-0.4, -0.2) is 54.5 Å². The van der Waals surface area contributed by atoms with Crippen molar-refractivity contribution in [3.8, 4) is 0 Å². The van der Waals surface area contributed by atoms with Gasteiger partial charge in [0.05, 0.1) is 18.8 Å². The van der Waals surface area contributed by atoms with Crippen LogP contribution in [-0.2, 0) is 14.3 Å². The number of amides is 2. The van der Waals surface area contributed by atoms with Gasteiger partial charge in [-0.2, -0.15) is 0 Å². The van der Waals surface area contributed by atoms with Gasteiger partial charge in [0.15, 0.2) is 0 Å². The minimum atomic E-state index is -0.170. The summed E-state index contributed by atoms with van der Waals surface area (Å²) in [6, 6.07) is 9.49. The third kappa shape index (κ3) is 3.01. The van der Waals surface area contributed by atoms with Crippen LogP contribution in [0, 0.1) is 0 Å². The van der Waals surface area contributed by atoms with Crippen molar-refractivity contribution in [2.75, 3.05) is 32.8 Å². The average molecular weight is 314 g/mol. The number of carbonyl (C=O) groups excluding carboxylic acids is 2. The van der Waals surface area contributed by atoms with Crippen LogP contribution in [0.25, 0.3) is 5.57 Å². The lowest BCUT2D eigenvalue weighted by molar-refractivity contribution is -0.137. The Morgan fingerprint density at radius 2 is 1.74 bits per heavy atom. The topological polar surface area (TPSA) is 49.9 Å². The lowest BCUT2D eigenvalue weighted by Crippen LogP contribution is -2.40. The van der Waals surface area contributed by atoms with E-state index in [1.54, 1.807) is 0 Å². The number of unbranched alkanes of at least 4 members (excludes halogenated alkanes) is 1. The van der Waals surface area contributed by atoms with Crippen LogP contribution >= 0.6 is 0 Å². The minimum Gasteiger partial charge on any atom is -0.378 e. The number of carbonyl (C=O) groups is 2. The zero-order valence-corrected chi connectivity index (χ0v) is 13.5. The van der Waals surface area contributed by atoms with E-state index < -0.39 is 0 Å². The normalized spacial score (nSPS) is 19.0. The molecule has 1 saturated heterocycles. The van der Waals surface area contributed by atoms with E-state index >= 15 is 0 Å². The third-order valence-corrected chi connectivity index (χ3v) is 4.27. The van der Waals surface area contributed by atoms with Crippen molar-refractivity contribution in [3.63, 3.8) is 0 Å². The third-order valence-electron chi connectivity index (χ3n) is 4.27. The summed E-state index contributed by atoms with van der Waals surface area (Å²) in [5.41, 5.74) is 1.89. The van der Waals surface area contributed by atoms with Crippen LogP contribution in [0.15, 0.2) is 36.0 Å². The van der Waals surface area contributed by atoms with Gasteiger partial charge < -0.3 is 9.64 Å². The second kappa shape index (κ2) is 6.96. The number of rotatable bonds is 5. The Morgan fingerprint density at radius 3 is 2.39 bits per heavy atom. The van der Waals surface area contributed by atoms with Crippen molar-refractivity contribution in [1.82, 2.24) is 9.80 Å². The molecular weight excluding hydrogens is 292 g/mol. The fraction of sp³-hybridized carbons (Fsp3) is 0.444. The molecule has 1 fully saturated rings. The first-order chi connectivity index (χ1) is 11.2. The van der Waals surface area contributed by atoms with Crippen molar-refractivity contribution in [3.05, 3.63) is 41.6 Å². The van der Waals surface area contributed by atoms with E-state index in [0.717, 1.165) is 18.4 Å². The summed E-state index contributed by atoms with van der Waals surface area (Å²) in [7, 11) is 0. The summed E-state index contributed by atoms with van der Waals surface area (Å²) >= 11 is 0. The quantitative estimate of drug-likeness (QED) is 0.779. The number of morpholine rings is 1. The van der Waals surface area contributed by atoms with Gasteiger partial charge in [-0.25, -0.2) is 0 Å². The fourth-order valence-electron chi connectivity index (χ4n) is 3.03. The second-order valence-electron chi connectivity index (χ2n) is 5.80. The van der Waals surface area contributed by atoms with Crippen molar-refractivity contribution in [2.24, 2.45) is 0 Å². The molecule has 5 heteroatoms. The molecule has 2 aliphatic rings. The van der Waals surface area contributed by atoms with E-state index in [4.69, 9.17) is 4.74 Å². The second-order valence-corrected chi connectivity index (χ2v) is 5.80. The molecule has 23 heavy (non-hydrogen) atoms. The van der Waals surface area contributed by atoms with Gasteiger partial charge in [0.25, 0.3) is 11.8 Å². The molecule has 3 rings (SSSR count). The van der Waals surface area contributed by atoms with Crippen LogP contribution in [0.2, 0.25) is 0 Å². The molecule has 0 aromatic heterocycles. The molecule has 0 aliphatic carbocycles. The predicted octanol–water partition coefficient (Wildman–Crippen LogP) is 1.90. The average Bonchev–Trinajstić information content (AvgIpc) is 2.85. The first-order valence-electron chi connectivity index (χ1n) is 8.22. The van der Waals surface area contributed by atoms with Crippen LogP contribution in [0.5, 0.6) is 0 Å².